The molecule has 15 aromatic rings. The van der Waals surface area contributed by atoms with Crippen LogP contribution in [-0.4, -0.2) is 8.80 Å². The first kappa shape index (κ1) is 40.5. The minimum atomic E-state index is 1.11. The third-order valence-corrected chi connectivity index (χ3v) is 15.3. The third-order valence-electron chi connectivity index (χ3n) is 15.3. The fourth-order valence-electron chi connectivity index (χ4n) is 12.1. The van der Waals surface area contributed by atoms with Gasteiger partial charge in [-0.1, -0.05) is 181 Å². The smallest absolute Gasteiger partial charge is 0.0641 e. The monoisotopic (exact) mass is 918 g/mol. The Kier molecular flexibility index (Phi) is 8.75. The SMILES string of the molecule is Cc1ccc(-c2ccccc2N(c2ccccc2)c2ccc3c4cc5c(cc4n4c6ccccc6c2c34)c2ccc(N(c3ccccc3)c3ccccc3-c3ccc(C)cc3)c3c4ccccc4n5c23)cc1. The van der Waals surface area contributed by atoms with Crippen LogP contribution in [0, 0.1) is 13.8 Å². The Hall–Kier alpha value is -9.38. The number of hydrogen-bond donors (Lipinski definition) is 0. The molecular formula is C68H46N4. The number of fused-ring (bicyclic) bond motifs is 12. The zero-order valence-corrected chi connectivity index (χ0v) is 39.9. The molecule has 0 saturated carbocycles. The summed E-state index contributed by atoms with van der Waals surface area (Å²) in [6.07, 6.45) is 0. The molecule has 0 radical (unpaired) electrons. The largest absolute Gasteiger partial charge is 0.309 e. The molecule has 4 heterocycles. The van der Waals surface area contributed by atoms with Crippen molar-refractivity contribution in [2.75, 3.05) is 9.80 Å². The number of nitrogens with zero attached hydrogens (tertiary/aromatic N) is 4. The lowest BCUT2D eigenvalue weighted by Crippen LogP contribution is -2.11. The molecule has 0 aliphatic carbocycles. The Morgan fingerprint density at radius 3 is 1.08 bits per heavy atom. The predicted molar refractivity (Wildman–Crippen MR) is 305 cm³/mol. The van der Waals surface area contributed by atoms with E-state index < -0.39 is 0 Å². The van der Waals surface area contributed by atoms with E-state index in [1.807, 2.05) is 0 Å². The Balaban J connectivity index is 1.01. The van der Waals surface area contributed by atoms with Gasteiger partial charge in [0, 0.05) is 65.6 Å². The fraction of sp³-hybridized carbons (Fsp3) is 0.0294. The van der Waals surface area contributed by atoms with Gasteiger partial charge in [0.25, 0.3) is 0 Å². The fourth-order valence-corrected chi connectivity index (χ4v) is 12.1. The molecule has 4 nitrogen and oxygen atoms in total. The maximum atomic E-state index is 2.55. The summed E-state index contributed by atoms with van der Waals surface area (Å²) in [5, 5.41) is 9.94. The summed E-state index contributed by atoms with van der Waals surface area (Å²) in [5.74, 6) is 0. The molecule has 0 saturated heterocycles. The molecule has 0 unspecified atom stereocenters. The highest BCUT2D eigenvalue weighted by Crippen LogP contribution is 2.52. The summed E-state index contributed by atoms with van der Waals surface area (Å²) in [6, 6.07) is 89.7. The van der Waals surface area contributed by atoms with Gasteiger partial charge in [0.05, 0.1) is 55.8 Å². The van der Waals surface area contributed by atoms with Gasteiger partial charge < -0.3 is 18.6 Å². The van der Waals surface area contributed by atoms with Gasteiger partial charge in [-0.15, -0.1) is 0 Å². The zero-order chi connectivity index (χ0) is 47.6. The molecule has 4 aromatic heterocycles. The second-order valence-electron chi connectivity index (χ2n) is 19.4. The summed E-state index contributed by atoms with van der Waals surface area (Å²) in [4.78, 5) is 4.95. The van der Waals surface area contributed by atoms with E-state index >= 15 is 0 Å². The van der Waals surface area contributed by atoms with Crippen molar-refractivity contribution in [3.05, 3.63) is 254 Å². The van der Waals surface area contributed by atoms with E-state index in [1.54, 1.807) is 0 Å². The van der Waals surface area contributed by atoms with E-state index in [4.69, 9.17) is 0 Å². The van der Waals surface area contributed by atoms with Crippen molar-refractivity contribution < 1.29 is 0 Å². The molecule has 72 heavy (non-hydrogen) atoms. The van der Waals surface area contributed by atoms with Crippen LogP contribution in [-0.2, 0) is 0 Å². The van der Waals surface area contributed by atoms with Gasteiger partial charge in [-0.05, 0) is 97.8 Å². The Morgan fingerprint density at radius 2 is 0.653 bits per heavy atom. The molecule has 11 aromatic carbocycles. The van der Waals surface area contributed by atoms with Crippen molar-refractivity contribution in [2.24, 2.45) is 0 Å². The van der Waals surface area contributed by atoms with Crippen LogP contribution >= 0.6 is 0 Å². The Bertz CT molecular complexity index is 4270. The van der Waals surface area contributed by atoms with Crippen LogP contribution in [0.2, 0.25) is 0 Å². The molecular weight excluding hydrogens is 873 g/mol. The van der Waals surface area contributed by atoms with Gasteiger partial charge in [0.1, 0.15) is 0 Å². The third kappa shape index (κ3) is 5.81. The molecule has 0 atom stereocenters. The van der Waals surface area contributed by atoms with E-state index in [2.05, 4.69) is 275 Å². The summed E-state index contributed by atoms with van der Waals surface area (Å²) < 4.78 is 5.09. The second kappa shape index (κ2) is 15.6. The number of benzene rings is 11. The molecule has 15 rings (SSSR count). The summed E-state index contributed by atoms with van der Waals surface area (Å²) in [6.45, 7) is 4.30. The number of hydrogen-bond acceptors (Lipinski definition) is 2. The van der Waals surface area contributed by atoms with Crippen molar-refractivity contribution in [1.29, 1.82) is 0 Å². The topological polar surface area (TPSA) is 15.3 Å². The molecule has 0 N–H and O–H groups in total. The molecule has 4 heteroatoms. The molecule has 0 bridgehead atoms. The minimum Gasteiger partial charge on any atom is -0.309 e. The second-order valence-corrected chi connectivity index (χ2v) is 19.4. The number of anilines is 6. The number of aryl methyl sites for hydroxylation is 2. The van der Waals surface area contributed by atoms with Crippen molar-refractivity contribution >= 4 is 110 Å². The predicted octanol–water partition coefficient (Wildman–Crippen LogP) is 18.9. The lowest BCUT2D eigenvalue weighted by molar-refractivity contribution is 1.30. The molecule has 0 aliphatic rings. The summed E-state index contributed by atoms with van der Waals surface area (Å²) in [5.41, 5.74) is 21.4. The number of para-hydroxylation sites is 6. The van der Waals surface area contributed by atoms with Crippen LogP contribution in [0.4, 0.5) is 34.1 Å². The van der Waals surface area contributed by atoms with Gasteiger partial charge in [0.2, 0.25) is 0 Å². The maximum Gasteiger partial charge on any atom is 0.0641 e. The quantitative estimate of drug-likeness (QED) is 0.151. The van der Waals surface area contributed by atoms with E-state index in [0.717, 1.165) is 34.1 Å². The first-order valence-corrected chi connectivity index (χ1v) is 24.9. The highest BCUT2D eigenvalue weighted by atomic mass is 15.2. The van der Waals surface area contributed by atoms with E-state index in [9.17, 15) is 0 Å². The van der Waals surface area contributed by atoms with Crippen LogP contribution in [0.15, 0.2) is 243 Å². The summed E-state index contributed by atoms with van der Waals surface area (Å²) in [7, 11) is 0. The zero-order valence-electron chi connectivity index (χ0n) is 39.9. The van der Waals surface area contributed by atoms with Gasteiger partial charge in [0.15, 0.2) is 0 Å². The Labute approximate surface area is 416 Å². The van der Waals surface area contributed by atoms with Crippen LogP contribution in [0.3, 0.4) is 0 Å². The molecule has 0 amide bonds. The lowest BCUT2D eigenvalue weighted by atomic mass is 9.99. The molecule has 0 fully saturated rings. The van der Waals surface area contributed by atoms with E-state index in [1.165, 1.54) is 110 Å². The van der Waals surface area contributed by atoms with Gasteiger partial charge in [-0.2, -0.15) is 0 Å². The average molecular weight is 919 g/mol. The van der Waals surface area contributed by atoms with Gasteiger partial charge in [-0.25, -0.2) is 0 Å². The first-order valence-electron chi connectivity index (χ1n) is 24.9. The first-order chi connectivity index (χ1) is 35.6. The normalized spacial score (nSPS) is 12.0. The molecule has 0 spiro atoms. The standard InChI is InChI=1S/C68H46N4/c1-43-29-33-45(34-30-43)49-21-9-13-25-57(49)69(47-17-5-3-6-18-47)61-39-37-51-55-41-64-56(42-63(55)71-59-27-15-11-23-53(59)65(61)67(51)71)52-38-40-62(66-54-24-12-16-28-60(54)72(64)68(52)66)70(48-19-7-4-8-20-48)58-26-14-10-22-50(58)46-35-31-44(2)32-36-46/h3-42H,1-2H3. The molecule has 338 valence electrons. The van der Waals surface area contributed by atoms with Crippen LogP contribution in [0.5, 0.6) is 0 Å². The highest BCUT2D eigenvalue weighted by Gasteiger charge is 2.29. The Morgan fingerprint density at radius 1 is 0.278 bits per heavy atom. The van der Waals surface area contributed by atoms with Crippen LogP contribution in [0.25, 0.3) is 98.4 Å². The number of rotatable bonds is 8. The minimum absolute atomic E-state index is 1.11. The van der Waals surface area contributed by atoms with Crippen molar-refractivity contribution in [1.82, 2.24) is 8.80 Å². The summed E-state index contributed by atoms with van der Waals surface area (Å²) >= 11 is 0. The van der Waals surface area contributed by atoms with Crippen LogP contribution in [0.1, 0.15) is 11.1 Å². The van der Waals surface area contributed by atoms with Crippen molar-refractivity contribution in [3.8, 4) is 22.3 Å². The number of aromatic nitrogens is 2. The van der Waals surface area contributed by atoms with Crippen LogP contribution < -0.4 is 9.80 Å². The van der Waals surface area contributed by atoms with E-state index in [0.29, 0.717) is 0 Å². The lowest BCUT2D eigenvalue weighted by Gasteiger charge is -2.28. The van der Waals surface area contributed by atoms with Gasteiger partial charge >= 0.3 is 0 Å². The average Bonchev–Trinajstić information content (AvgIpc) is 4.16. The van der Waals surface area contributed by atoms with Crippen molar-refractivity contribution in [3.63, 3.8) is 0 Å². The highest BCUT2D eigenvalue weighted by molar-refractivity contribution is 6.32. The molecule has 0 aliphatic heterocycles. The maximum absolute atomic E-state index is 2.55. The van der Waals surface area contributed by atoms with E-state index in [-0.39, 0.29) is 0 Å². The van der Waals surface area contributed by atoms with Gasteiger partial charge in [-0.3, -0.25) is 0 Å². The van der Waals surface area contributed by atoms with Crippen molar-refractivity contribution in [2.45, 2.75) is 13.8 Å².